The van der Waals surface area contributed by atoms with Crippen molar-refractivity contribution in [1.29, 1.82) is 0 Å². The highest BCUT2D eigenvalue weighted by Gasteiger charge is 2.57. The first-order valence-corrected chi connectivity index (χ1v) is 12.8. The van der Waals surface area contributed by atoms with Crippen molar-refractivity contribution in [3.05, 3.63) is 11.1 Å². The Bertz CT molecular complexity index is 636. The maximum absolute atomic E-state index is 11.2. The van der Waals surface area contributed by atoms with E-state index in [9.17, 15) is 10.2 Å². The third kappa shape index (κ3) is 3.65. The van der Waals surface area contributed by atoms with Gasteiger partial charge in [-0.25, -0.2) is 0 Å². The van der Waals surface area contributed by atoms with E-state index >= 15 is 0 Å². The summed E-state index contributed by atoms with van der Waals surface area (Å²) in [7, 11) is 0. The minimum absolute atomic E-state index is 0.167. The molecule has 4 rings (SSSR count). The Morgan fingerprint density at radius 3 is 2.48 bits per heavy atom. The number of hydrogen-bond donors (Lipinski definition) is 2. The SMILES string of the molecule is CC(C)CCC[C@@H](C)[C@H]1CC[C@H]2[C@@H]3C[C@@H](O)[C@@]4(C)C[C@@H](O)CCC4=C3CC[C@]12C. The first kappa shape index (κ1) is 21.9. The van der Waals surface area contributed by atoms with E-state index in [2.05, 4.69) is 34.6 Å². The molecule has 2 nitrogen and oxygen atoms in total. The van der Waals surface area contributed by atoms with Crippen molar-refractivity contribution in [3.8, 4) is 0 Å². The van der Waals surface area contributed by atoms with Crippen LogP contribution in [0.4, 0.5) is 0 Å². The standard InChI is InChI=1S/C27H46O2/c1-17(2)7-6-8-18(3)22-11-12-24-21-15-25(29)27(5)16-19(28)9-10-23(27)20(21)13-14-26(22,24)4/h17-19,21-22,24-25,28-29H,6-16H2,1-5H3/t18-,19+,21-,22-,24+,25-,26-,27+/m1/s1. The summed E-state index contributed by atoms with van der Waals surface area (Å²) >= 11 is 0. The van der Waals surface area contributed by atoms with E-state index in [4.69, 9.17) is 0 Å². The lowest BCUT2D eigenvalue weighted by Crippen LogP contribution is -2.50. The summed E-state index contributed by atoms with van der Waals surface area (Å²) in [5, 5.41) is 21.5. The molecule has 0 saturated heterocycles. The third-order valence-electron chi connectivity index (χ3n) is 10.2. The molecule has 2 heteroatoms. The molecule has 0 aromatic heterocycles. The van der Waals surface area contributed by atoms with Gasteiger partial charge in [0, 0.05) is 5.41 Å². The van der Waals surface area contributed by atoms with Gasteiger partial charge in [0.05, 0.1) is 12.2 Å². The Hall–Kier alpha value is -0.340. The summed E-state index contributed by atoms with van der Waals surface area (Å²) in [6, 6.07) is 0. The zero-order valence-electron chi connectivity index (χ0n) is 19.7. The summed E-state index contributed by atoms with van der Waals surface area (Å²) in [5.74, 6) is 3.90. The van der Waals surface area contributed by atoms with Crippen molar-refractivity contribution in [2.45, 2.75) is 117 Å². The fraction of sp³-hybridized carbons (Fsp3) is 0.926. The van der Waals surface area contributed by atoms with Crippen molar-refractivity contribution in [2.75, 3.05) is 0 Å². The highest BCUT2D eigenvalue weighted by molar-refractivity contribution is 5.34. The molecule has 3 fully saturated rings. The summed E-state index contributed by atoms with van der Waals surface area (Å²) in [4.78, 5) is 0. The number of aliphatic hydroxyl groups excluding tert-OH is 2. The molecule has 0 aliphatic heterocycles. The van der Waals surface area contributed by atoms with Crippen LogP contribution < -0.4 is 0 Å². The van der Waals surface area contributed by atoms with Crippen molar-refractivity contribution in [3.63, 3.8) is 0 Å². The van der Waals surface area contributed by atoms with Crippen LogP contribution in [0, 0.1) is 40.4 Å². The first-order chi connectivity index (χ1) is 13.7. The minimum atomic E-state index is -0.272. The number of aliphatic hydroxyl groups is 2. The Labute approximate surface area is 179 Å². The van der Waals surface area contributed by atoms with Gasteiger partial charge in [-0.3, -0.25) is 0 Å². The fourth-order valence-electron chi connectivity index (χ4n) is 8.50. The van der Waals surface area contributed by atoms with Gasteiger partial charge in [0.25, 0.3) is 0 Å². The number of fused-ring (bicyclic) bond motifs is 4. The highest BCUT2D eigenvalue weighted by Crippen LogP contribution is 2.65. The molecule has 4 aliphatic rings. The van der Waals surface area contributed by atoms with Gasteiger partial charge >= 0.3 is 0 Å². The van der Waals surface area contributed by atoms with Crippen LogP contribution in [0.25, 0.3) is 0 Å². The van der Waals surface area contributed by atoms with Crippen LogP contribution in [0.2, 0.25) is 0 Å². The lowest BCUT2D eigenvalue weighted by molar-refractivity contribution is -0.0455. The molecular weight excluding hydrogens is 356 g/mol. The summed E-state index contributed by atoms with van der Waals surface area (Å²) < 4.78 is 0. The maximum Gasteiger partial charge on any atom is 0.0637 e. The van der Waals surface area contributed by atoms with Crippen molar-refractivity contribution in [2.24, 2.45) is 40.4 Å². The van der Waals surface area contributed by atoms with Crippen LogP contribution in [-0.2, 0) is 0 Å². The summed E-state index contributed by atoms with van der Waals surface area (Å²) in [6.45, 7) is 12.1. The Kier molecular flexibility index (Phi) is 6.01. The van der Waals surface area contributed by atoms with Gasteiger partial charge in [0.2, 0.25) is 0 Å². The second-order valence-electron chi connectivity index (χ2n) is 12.3. The molecule has 0 aromatic rings. The number of hydrogen-bond acceptors (Lipinski definition) is 2. The molecule has 3 saturated carbocycles. The average Bonchev–Trinajstić information content (AvgIpc) is 2.99. The zero-order chi connectivity index (χ0) is 21.0. The third-order valence-corrected chi connectivity index (χ3v) is 10.2. The molecule has 0 bridgehead atoms. The Morgan fingerprint density at radius 2 is 1.76 bits per heavy atom. The second-order valence-corrected chi connectivity index (χ2v) is 12.3. The van der Waals surface area contributed by atoms with Crippen LogP contribution in [0.1, 0.15) is 105 Å². The molecule has 4 aliphatic carbocycles. The molecule has 0 radical (unpaired) electrons. The predicted octanol–water partition coefficient (Wildman–Crippen LogP) is 6.50. The molecule has 0 spiro atoms. The van der Waals surface area contributed by atoms with Crippen LogP contribution in [0.15, 0.2) is 11.1 Å². The summed E-state index contributed by atoms with van der Waals surface area (Å²) in [6.07, 6.45) is 12.6. The molecule has 8 atom stereocenters. The minimum Gasteiger partial charge on any atom is -0.393 e. The molecular formula is C27H46O2. The van der Waals surface area contributed by atoms with E-state index in [1.165, 1.54) is 44.9 Å². The quantitative estimate of drug-likeness (QED) is 0.515. The number of allylic oxidation sites excluding steroid dienone is 1. The van der Waals surface area contributed by atoms with Gasteiger partial charge in [0.1, 0.15) is 0 Å². The molecule has 29 heavy (non-hydrogen) atoms. The number of rotatable bonds is 5. The van der Waals surface area contributed by atoms with Crippen LogP contribution >= 0.6 is 0 Å². The molecule has 166 valence electrons. The van der Waals surface area contributed by atoms with Crippen LogP contribution in [0.5, 0.6) is 0 Å². The van der Waals surface area contributed by atoms with Crippen molar-refractivity contribution >= 4 is 0 Å². The highest BCUT2D eigenvalue weighted by atomic mass is 16.3. The molecule has 0 aromatic carbocycles. The molecule has 2 N–H and O–H groups in total. The van der Waals surface area contributed by atoms with E-state index < -0.39 is 0 Å². The van der Waals surface area contributed by atoms with Gasteiger partial charge in [-0.2, -0.15) is 0 Å². The normalized spacial score (nSPS) is 45.7. The fourth-order valence-corrected chi connectivity index (χ4v) is 8.50. The topological polar surface area (TPSA) is 40.5 Å². The average molecular weight is 403 g/mol. The molecule has 0 unspecified atom stereocenters. The van der Waals surface area contributed by atoms with E-state index in [0.717, 1.165) is 49.4 Å². The largest absolute Gasteiger partial charge is 0.393 e. The van der Waals surface area contributed by atoms with E-state index in [0.29, 0.717) is 11.3 Å². The lowest BCUT2D eigenvalue weighted by atomic mass is 9.50. The lowest BCUT2D eigenvalue weighted by Gasteiger charge is -2.55. The predicted molar refractivity (Wildman–Crippen MR) is 121 cm³/mol. The van der Waals surface area contributed by atoms with Crippen LogP contribution in [-0.4, -0.2) is 22.4 Å². The van der Waals surface area contributed by atoms with Crippen molar-refractivity contribution in [1.82, 2.24) is 0 Å². The summed E-state index contributed by atoms with van der Waals surface area (Å²) in [5.41, 5.74) is 3.58. The molecule has 0 heterocycles. The van der Waals surface area contributed by atoms with Gasteiger partial charge in [-0.1, -0.05) is 65.0 Å². The maximum atomic E-state index is 11.2. The Balaban J connectivity index is 1.54. The Morgan fingerprint density at radius 1 is 1.00 bits per heavy atom. The second kappa shape index (κ2) is 7.97. The van der Waals surface area contributed by atoms with Gasteiger partial charge in [-0.15, -0.1) is 0 Å². The monoisotopic (exact) mass is 402 g/mol. The molecule has 0 amide bonds. The van der Waals surface area contributed by atoms with Crippen LogP contribution in [0.3, 0.4) is 0 Å². The first-order valence-electron chi connectivity index (χ1n) is 12.8. The van der Waals surface area contributed by atoms with Gasteiger partial charge in [0.15, 0.2) is 0 Å². The van der Waals surface area contributed by atoms with E-state index in [1.807, 2.05) is 0 Å². The van der Waals surface area contributed by atoms with Crippen molar-refractivity contribution < 1.29 is 10.2 Å². The van der Waals surface area contributed by atoms with E-state index in [-0.39, 0.29) is 17.6 Å². The smallest absolute Gasteiger partial charge is 0.0637 e. The zero-order valence-corrected chi connectivity index (χ0v) is 19.7. The van der Waals surface area contributed by atoms with Gasteiger partial charge < -0.3 is 10.2 Å². The van der Waals surface area contributed by atoms with Gasteiger partial charge in [-0.05, 0) is 86.4 Å². The van der Waals surface area contributed by atoms with E-state index in [1.54, 1.807) is 11.1 Å².